The van der Waals surface area contributed by atoms with Gasteiger partial charge in [0.25, 0.3) is 0 Å². The summed E-state index contributed by atoms with van der Waals surface area (Å²) in [5.41, 5.74) is 2.91. The molecular formula is C20H25N3O2. The lowest BCUT2D eigenvalue weighted by Gasteiger charge is -2.35. The Labute approximate surface area is 148 Å². The molecule has 1 amide bonds. The third-order valence-corrected chi connectivity index (χ3v) is 4.58. The maximum absolute atomic E-state index is 13.1. The molecule has 2 N–H and O–H groups in total. The van der Waals surface area contributed by atoms with E-state index in [0.29, 0.717) is 31.7 Å². The number of benzene rings is 1. The van der Waals surface area contributed by atoms with Crippen LogP contribution in [-0.4, -0.2) is 40.1 Å². The third kappa shape index (κ3) is 4.44. The van der Waals surface area contributed by atoms with Crippen molar-refractivity contribution in [2.45, 2.75) is 38.8 Å². The zero-order chi connectivity index (χ0) is 17.8. The number of pyridine rings is 1. The van der Waals surface area contributed by atoms with Gasteiger partial charge in [0.2, 0.25) is 5.91 Å². The highest BCUT2D eigenvalue weighted by atomic mass is 16.3. The number of aliphatic hydroxyl groups is 1. The fraction of sp³-hybridized carbons (Fsp3) is 0.400. The minimum absolute atomic E-state index is 0.0833. The Morgan fingerprint density at radius 2 is 1.88 bits per heavy atom. The van der Waals surface area contributed by atoms with Crippen LogP contribution in [0.4, 0.5) is 5.82 Å². The van der Waals surface area contributed by atoms with Crippen molar-refractivity contribution in [2.75, 3.05) is 18.4 Å². The molecule has 5 nitrogen and oxygen atoms in total. The summed E-state index contributed by atoms with van der Waals surface area (Å²) in [5, 5.41) is 12.8. The molecule has 1 unspecified atom stereocenters. The van der Waals surface area contributed by atoms with Gasteiger partial charge in [-0.25, -0.2) is 4.98 Å². The third-order valence-electron chi connectivity index (χ3n) is 4.58. The van der Waals surface area contributed by atoms with Gasteiger partial charge in [0, 0.05) is 18.8 Å². The number of nitrogens with one attached hydrogen (secondary N) is 1. The Balaban J connectivity index is 1.84. The highest BCUT2D eigenvalue weighted by molar-refractivity contribution is 5.94. The molecule has 0 radical (unpaired) electrons. The van der Waals surface area contributed by atoms with E-state index in [0.717, 1.165) is 16.8 Å². The Morgan fingerprint density at radius 1 is 1.20 bits per heavy atom. The maximum Gasteiger partial charge on any atom is 0.247 e. The van der Waals surface area contributed by atoms with E-state index in [9.17, 15) is 9.90 Å². The second-order valence-corrected chi connectivity index (χ2v) is 6.74. The zero-order valence-electron chi connectivity index (χ0n) is 14.8. The molecule has 1 atom stereocenters. The fourth-order valence-electron chi connectivity index (χ4n) is 3.41. The number of likely N-dealkylation sites (tertiary alicyclic amines) is 1. The van der Waals surface area contributed by atoms with Crippen LogP contribution in [0, 0.1) is 13.8 Å². The summed E-state index contributed by atoms with van der Waals surface area (Å²) < 4.78 is 0. The Morgan fingerprint density at radius 3 is 2.52 bits per heavy atom. The predicted molar refractivity (Wildman–Crippen MR) is 98.3 cm³/mol. The predicted octanol–water partition coefficient (Wildman–Crippen LogP) is 2.83. The summed E-state index contributed by atoms with van der Waals surface area (Å²) in [6, 6.07) is 13.3. The number of rotatable bonds is 4. The van der Waals surface area contributed by atoms with Gasteiger partial charge in [-0.3, -0.25) is 9.69 Å². The molecule has 1 saturated heterocycles. The lowest BCUT2D eigenvalue weighted by Crippen LogP contribution is -2.43. The number of anilines is 1. The largest absolute Gasteiger partial charge is 0.393 e. The number of piperidine rings is 1. The van der Waals surface area contributed by atoms with Crippen LogP contribution in [0.5, 0.6) is 0 Å². The molecule has 0 spiro atoms. The van der Waals surface area contributed by atoms with Crippen molar-refractivity contribution in [3.05, 3.63) is 59.3 Å². The Bertz CT molecular complexity index is 705. The molecule has 25 heavy (non-hydrogen) atoms. The van der Waals surface area contributed by atoms with E-state index in [-0.39, 0.29) is 18.1 Å². The first kappa shape index (κ1) is 17.6. The van der Waals surface area contributed by atoms with E-state index in [1.54, 1.807) is 0 Å². The number of hydrogen-bond donors (Lipinski definition) is 2. The Kier molecular flexibility index (Phi) is 5.46. The van der Waals surface area contributed by atoms with Gasteiger partial charge >= 0.3 is 0 Å². The first-order chi connectivity index (χ1) is 12.0. The number of amides is 1. The summed E-state index contributed by atoms with van der Waals surface area (Å²) in [6.07, 6.45) is 1.12. The van der Waals surface area contributed by atoms with E-state index in [1.807, 2.05) is 56.3 Å². The van der Waals surface area contributed by atoms with Gasteiger partial charge in [-0.05, 0) is 49.9 Å². The van der Waals surface area contributed by atoms with Gasteiger partial charge in [-0.1, -0.05) is 30.3 Å². The van der Waals surface area contributed by atoms with Crippen molar-refractivity contribution >= 4 is 11.7 Å². The van der Waals surface area contributed by atoms with Gasteiger partial charge < -0.3 is 10.4 Å². The molecule has 2 aromatic rings. The first-order valence-electron chi connectivity index (χ1n) is 8.76. The number of aromatic nitrogens is 1. The molecule has 3 rings (SSSR count). The summed E-state index contributed by atoms with van der Waals surface area (Å²) in [4.78, 5) is 19.6. The molecule has 1 aliphatic rings. The van der Waals surface area contributed by atoms with Gasteiger partial charge in [0.1, 0.15) is 11.9 Å². The molecular weight excluding hydrogens is 314 g/mol. The van der Waals surface area contributed by atoms with Crippen LogP contribution in [-0.2, 0) is 4.79 Å². The van der Waals surface area contributed by atoms with Crippen LogP contribution in [0.2, 0.25) is 0 Å². The van der Waals surface area contributed by atoms with Crippen LogP contribution < -0.4 is 5.32 Å². The van der Waals surface area contributed by atoms with Crippen molar-refractivity contribution < 1.29 is 9.90 Å². The molecule has 2 heterocycles. The van der Waals surface area contributed by atoms with E-state index in [2.05, 4.69) is 15.2 Å². The van der Waals surface area contributed by atoms with Crippen LogP contribution in [0.25, 0.3) is 0 Å². The SMILES string of the molecule is Cc1cc(C)nc(NC(=O)C(c2ccccc2)N2CCC(O)CC2)c1. The second kappa shape index (κ2) is 7.76. The van der Waals surface area contributed by atoms with Crippen LogP contribution in [0.15, 0.2) is 42.5 Å². The maximum atomic E-state index is 13.1. The zero-order valence-corrected chi connectivity index (χ0v) is 14.8. The van der Waals surface area contributed by atoms with Crippen LogP contribution in [0.1, 0.15) is 35.7 Å². The van der Waals surface area contributed by atoms with E-state index in [1.165, 1.54) is 0 Å². The minimum Gasteiger partial charge on any atom is -0.393 e. The molecule has 1 fully saturated rings. The van der Waals surface area contributed by atoms with Crippen molar-refractivity contribution in [2.24, 2.45) is 0 Å². The normalized spacial score (nSPS) is 17.2. The lowest BCUT2D eigenvalue weighted by atomic mass is 10.00. The molecule has 0 bridgehead atoms. The number of hydrogen-bond acceptors (Lipinski definition) is 4. The number of aliphatic hydroxyl groups excluding tert-OH is 1. The lowest BCUT2D eigenvalue weighted by molar-refractivity contribution is -0.122. The standard InChI is InChI=1S/C20H25N3O2/c1-14-12-15(2)21-18(13-14)22-20(25)19(16-6-4-3-5-7-16)23-10-8-17(24)9-11-23/h3-7,12-13,17,19,24H,8-11H2,1-2H3,(H,21,22,25). The molecule has 0 saturated carbocycles. The highest BCUT2D eigenvalue weighted by Crippen LogP contribution is 2.26. The van der Waals surface area contributed by atoms with Crippen molar-refractivity contribution in [3.8, 4) is 0 Å². The number of carbonyl (C=O) groups excluding carboxylic acids is 1. The average molecular weight is 339 g/mol. The van der Waals surface area contributed by atoms with E-state index < -0.39 is 0 Å². The van der Waals surface area contributed by atoms with Crippen LogP contribution >= 0.6 is 0 Å². The summed E-state index contributed by atoms with van der Waals surface area (Å²) in [6.45, 7) is 5.32. The van der Waals surface area contributed by atoms with Gasteiger partial charge in [0.15, 0.2) is 0 Å². The molecule has 1 aromatic carbocycles. The molecule has 1 aromatic heterocycles. The minimum atomic E-state index is -0.378. The summed E-state index contributed by atoms with van der Waals surface area (Å²) in [7, 11) is 0. The van der Waals surface area contributed by atoms with Crippen LogP contribution in [0.3, 0.4) is 0 Å². The number of aryl methyl sites for hydroxylation is 2. The topological polar surface area (TPSA) is 65.5 Å². The Hall–Kier alpha value is -2.24. The highest BCUT2D eigenvalue weighted by Gasteiger charge is 2.30. The quantitative estimate of drug-likeness (QED) is 0.899. The second-order valence-electron chi connectivity index (χ2n) is 6.74. The molecule has 132 valence electrons. The monoisotopic (exact) mass is 339 g/mol. The van der Waals surface area contributed by atoms with Gasteiger partial charge in [-0.15, -0.1) is 0 Å². The summed E-state index contributed by atoms with van der Waals surface area (Å²) >= 11 is 0. The fourth-order valence-corrected chi connectivity index (χ4v) is 3.41. The molecule has 1 aliphatic heterocycles. The number of carbonyl (C=O) groups is 1. The van der Waals surface area contributed by atoms with Crippen molar-refractivity contribution in [3.63, 3.8) is 0 Å². The van der Waals surface area contributed by atoms with Gasteiger partial charge in [-0.2, -0.15) is 0 Å². The molecule has 0 aliphatic carbocycles. The van der Waals surface area contributed by atoms with Crippen molar-refractivity contribution in [1.29, 1.82) is 0 Å². The summed E-state index contributed by atoms with van der Waals surface area (Å²) in [5.74, 6) is 0.501. The van der Waals surface area contributed by atoms with E-state index >= 15 is 0 Å². The molecule has 5 heteroatoms. The average Bonchev–Trinajstić information content (AvgIpc) is 2.57. The number of nitrogens with zero attached hydrogens (tertiary/aromatic N) is 2. The van der Waals surface area contributed by atoms with Crippen molar-refractivity contribution in [1.82, 2.24) is 9.88 Å². The smallest absolute Gasteiger partial charge is 0.247 e. The van der Waals surface area contributed by atoms with Gasteiger partial charge in [0.05, 0.1) is 6.10 Å². The first-order valence-corrected chi connectivity index (χ1v) is 8.76. The van der Waals surface area contributed by atoms with E-state index in [4.69, 9.17) is 0 Å².